The molecule has 1 saturated carbocycles. The molecule has 3 rings (SSSR count). The number of hydrogen-bond acceptors (Lipinski definition) is 4. The van der Waals surface area contributed by atoms with Crippen LogP contribution < -0.4 is 5.73 Å². The SMILES string of the molecule is Cc1cn(N=Cc2ccccc2COCC2CCCCC2)c(N)n1. The molecule has 1 aliphatic rings. The van der Waals surface area contributed by atoms with Gasteiger partial charge in [-0.15, -0.1) is 0 Å². The van der Waals surface area contributed by atoms with Crippen LogP contribution in [0.15, 0.2) is 35.6 Å². The molecule has 5 nitrogen and oxygen atoms in total. The van der Waals surface area contributed by atoms with Crippen LogP contribution in [0.4, 0.5) is 5.95 Å². The molecule has 128 valence electrons. The van der Waals surface area contributed by atoms with Crippen molar-refractivity contribution in [1.29, 1.82) is 0 Å². The first kappa shape index (κ1) is 16.7. The van der Waals surface area contributed by atoms with E-state index >= 15 is 0 Å². The first-order valence-electron chi connectivity index (χ1n) is 8.74. The number of nitrogens with zero attached hydrogens (tertiary/aromatic N) is 3. The zero-order chi connectivity index (χ0) is 16.8. The van der Waals surface area contributed by atoms with Gasteiger partial charge in [0, 0.05) is 12.2 Å². The minimum atomic E-state index is 0.398. The van der Waals surface area contributed by atoms with E-state index in [-0.39, 0.29) is 0 Å². The van der Waals surface area contributed by atoms with Gasteiger partial charge in [0.15, 0.2) is 0 Å². The fraction of sp³-hybridized carbons (Fsp3) is 0.474. The predicted molar refractivity (Wildman–Crippen MR) is 97.0 cm³/mol. The predicted octanol–water partition coefficient (Wildman–Crippen LogP) is 3.75. The Morgan fingerprint density at radius 2 is 2.08 bits per heavy atom. The maximum atomic E-state index is 5.97. The van der Waals surface area contributed by atoms with Crippen LogP contribution in [0.2, 0.25) is 0 Å². The summed E-state index contributed by atoms with van der Waals surface area (Å²) in [6, 6.07) is 8.17. The third-order valence-corrected chi connectivity index (χ3v) is 4.55. The van der Waals surface area contributed by atoms with Crippen molar-refractivity contribution in [2.75, 3.05) is 12.3 Å². The van der Waals surface area contributed by atoms with E-state index in [1.54, 1.807) is 4.68 Å². The van der Waals surface area contributed by atoms with E-state index in [4.69, 9.17) is 10.5 Å². The minimum absolute atomic E-state index is 0.398. The molecule has 2 aromatic rings. The third-order valence-electron chi connectivity index (χ3n) is 4.55. The van der Waals surface area contributed by atoms with Gasteiger partial charge >= 0.3 is 0 Å². The van der Waals surface area contributed by atoms with E-state index < -0.39 is 0 Å². The molecule has 5 heteroatoms. The van der Waals surface area contributed by atoms with Crippen LogP contribution in [0.1, 0.15) is 48.9 Å². The van der Waals surface area contributed by atoms with Crippen molar-refractivity contribution in [3.05, 3.63) is 47.3 Å². The van der Waals surface area contributed by atoms with Crippen molar-refractivity contribution >= 4 is 12.2 Å². The normalized spacial score (nSPS) is 16.0. The molecular formula is C19H26N4O. The third kappa shape index (κ3) is 4.45. The lowest BCUT2D eigenvalue weighted by molar-refractivity contribution is 0.0739. The van der Waals surface area contributed by atoms with E-state index in [1.165, 1.54) is 32.1 Å². The van der Waals surface area contributed by atoms with E-state index in [1.807, 2.05) is 37.5 Å². The average Bonchev–Trinajstić information content (AvgIpc) is 2.92. The fourth-order valence-electron chi connectivity index (χ4n) is 3.20. The summed E-state index contributed by atoms with van der Waals surface area (Å²) in [6.45, 7) is 3.38. The van der Waals surface area contributed by atoms with Gasteiger partial charge in [0.25, 0.3) is 0 Å². The summed E-state index contributed by atoms with van der Waals surface area (Å²) < 4.78 is 7.57. The number of benzene rings is 1. The number of rotatable bonds is 6. The van der Waals surface area contributed by atoms with E-state index in [0.717, 1.165) is 29.3 Å². The zero-order valence-corrected chi connectivity index (χ0v) is 14.3. The Morgan fingerprint density at radius 1 is 1.29 bits per heavy atom. The number of anilines is 1. The zero-order valence-electron chi connectivity index (χ0n) is 14.3. The van der Waals surface area contributed by atoms with E-state index in [0.29, 0.717) is 12.6 Å². The van der Waals surface area contributed by atoms with Crippen molar-refractivity contribution in [1.82, 2.24) is 9.66 Å². The van der Waals surface area contributed by atoms with Gasteiger partial charge in [-0.05, 0) is 31.2 Å². The molecule has 1 aromatic carbocycles. The molecule has 1 heterocycles. The second kappa shape index (κ2) is 8.11. The Morgan fingerprint density at radius 3 is 2.83 bits per heavy atom. The van der Waals surface area contributed by atoms with Crippen molar-refractivity contribution in [2.24, 2.45) is 11.0 Å². The molecule has 0 spiro atoms. The highest BCUT2D eigenvalue weighted by atomic mass is 16.5. The smallest absolute Gasteiger partial charge is 0.221 e. The maximum absolute atomic E-state index is 5.97. The number of aromatic nitrogens is 2. The first-order valence-corrected chi connectivity index (χ1v) is 8.74. The van der Waals surface area contributed by atoms with Gasteiger partial charge in [-0.2, -0.15) is 5.10 Å². The highest BCUT2D eigenvalue weighted by Crippen LogP contribution is 2.24. The molecule has 1 fully saturated rings. The van der Waals surface area contributed by atoms with Crippen LogP contribution in [0, 0.1) is 12.8 Å². The van der Waals surface area contributed by atoms with Crippen LogP contribution >= 0.6 is 0 Å². The van der Waals surface area contributed by atoms with Crippen molar-refractivity contribution < 1.29 is 4.74 Å². The van der Waals surface area contributed by atoms with Crippen LogP contribution in [-0.2, 0) is 11.3 Å². The lowest BCUT2D eigenvalue weighted by Crippen LogP contribution is -2.13. The van der Waals surface area contributed by atoms with Crippen LogP contribution in [-0.4, -0.2) is 22.5 Å². The summed E-state index contributed by atoms with van der Waals surface area (Å²) >= 11 is 0. The molecule has 0 aliphatic heterocycles. The molecule has 0 atom stereocenters. The van der Waals surface area contributed by atoms with Crippen molar-refractivity contribution in [3.63, 3.8) is 0 Å². The van der Waals surface area contributed by atoms with Crippen LogP contribution in [0.3, 0.4) is 0 Å². The average molecular weight is 326 g/mol. The molecule has 0 bridgehead atoms. The number of hydrogen-bond donors (Lipinski definition) is 1. The Balaban J connectivity index is 1.61. The fourth-order valence-corrected chi connectivity index (χ4v) is 3.20. The quantitative estimate of drug-likeness (QED) is 0.822. The number of nitrogen functional groups attached to an aromatic ring is 1. The summed E-state index contributed by atoms with van der Waals surface area (Å²) in [5.74, 6) is 1.13. The molecule has 1 aromatic heterocycles. The van der Waals surface area contributed by atoms with Crippen LogP contribution in [0.5, 0.6) is 0 Å². The molecule has 0 saturated heterocycles. The van der Waals surface area contributed by atoms with Gasteiger partial charge in [-0.3, -0.25) is 0 Å². The molecular weight excluding hydrogens is 300 g/mol. The lowest BCUT2D eigenvalue weighted by atomic mass is 9.90. The summed E-state index contributed by atoms with van der Waals surface area (Å²) in [4.78, 5) is 4.15. The van der Waals surface area contributed by atoms with Gasteiger partial charge in [-0.25, -0.2) is 9.66 Å². The highest BCUT2D eigenvalue weighted by molar-refractivity contribution is 5.81. The van der Waals surface area contributed by atoms with Gasteiger partial charge in [-0.1, -0.05) is 43.5 Å². The molecule has 1 aliphatic carbocycles. The second-order valence-corrected chi connectivity index (χ2v) is 6.55. The lowest BCUT2D eigenvalue weighted by Gasteiger charge is -2.21. The van der Waals surface area contributed by atoms with Gasteiger partial charge in [0.1, 0.15) is 0 Å². The topological polar surface area (TPSA) is 65.4 Å². The molecule has 0 amide bonds. The first-order chi connectivity index (χ1) is 11.7. The Hall–Kier alpha value is -2.14. The van der Waals surface area contributed by atoms with E-state index in [9.17, 15) is 0 Å². The van der Waals surface area contributed by atoms with Gasteiger partial charge in [0.05, 0.1) is 24.7 Å². The number of nitrogens with two attached hydrogens (primary N) is 1. The van der Waals surface area contributed by atoms with E-state index in [2.05, 4.69) is 16.2 Å². The summed E-state index contributed by atoms with van der Waals surface area (Å²) in [5.41, 5.74) is 8.87. The summed E-state index contributed by atoms with van der Waals surface area (Å²) in [7, 11) is 0. The second-order valence-electron chi connectivity index (χ2n) is 6.55. The largest absolute Gasteiger partial charge is 0.376 e. The monoisotopic (exact) mass is 326 g/mol. The molecule has 24 heavy (non-hydrogen) atoms. The Bertz CT molecular complexity index is 686. The van der Waals surface area contributed by atoms with Gasteiger partial charge in [0.2, 0.25) is 5.95 Å². The molecule has 0 unspecified atom stereocenters. The summed E-state index contributed by atoms with van der Waals surface area (Å²) in [5, 5.41) is 4.40. The maximum Gasteiger partial charge on any atom is 0.221 e. The standard InChI is InChI=1S/C19H26N4O/c1-15-12-23(19(20)22-15)21-11-17-9-5-6-10-18(17)14-24-13-16-7-3-2-4-8-16/h5-6,9-12,16H,2-4,7-8,13-14H2,1H3,(H2,20,22). The number of imidazole rings is 1. The highest BCUT2D eigenvalue weighted by Gasteiger charge is 2.13. The van der Waals surface area contributed by atoms with Gasteiger partial charge < -0.3 is 10.5 Å². The number of ether oxygens (including phenoxy) is 1. The van der Waals surface area contributed by atoms with Crippen molar-refractivity contribution in [3.8, 4) is 0 Å². The minimum Gasteiger partial charge on any atom is -0.376 e. The summed E-state index contributed by atoms with van der Waals surface area (Å²) in [6.07, 6.45) is 10.3. The van der Waals surface area contributed by atoms with Crippen LogP contribution in [0.25, 0.3) is 0 Å². The number of aryl methyl sites for hydroxylation is 1. The molecule has 0 radical (unpaired) electrons. The Labute approximate surface area is 143 Å². The Kier molecular flexibility index (Phi) is 5.64. The van der Waals surface area contributed by atoms with Crippen molar-refractivity contribution in [2.45, 2.75) is 45.6 Å². The molecule has 2 N–H and O–H groups in total.